The molecule has 3 rings (SSSR count). The highest BCUT2D eigenvalue weighted by Gasteiger charge is 2.24. The molecule has 0 saturated heterocycles. The molecular weight excluding hydrogens is 240 g/mol. The van der Waals surface area contributed by atoms with E-state index in [4.69, 9.17) is 4.74 Å². The van der Waals surface area contributed by atoms with Gasteiger partial charge in [-0.05, 0) is 30.7 Å². The van der Waals surface area contributed by atoms with Crippen LogP contribution in [0.15, 0.2) is 47.1 Å². The Morgan fingerprint density at radius 3 is 3.00 bits per heavy atom. The van der Waals surface area contributed by atoms with E-state index in [2.05, 4.69) is 23.3 Å². The fourth-order valence-electron chi connectivity index (χ4n) is 2.50. The van der Waals surface area contributed by atoms with E-state index < -0.39 is 0 Å². The van der Waals surface area contributed by atoms with Crippen molar-refractivity contribution in [2.45, 2.75) is 12.8 Å². The maximum atomic E-state index is 11.2. The number of carbonyl (C=O) groups is 1. The summed E-state index contributed by atoms with van der Waals surface area (Å²) in [6.07, 6.45) is 5.92. The van der Waals surface area contributed by atoms with Crippen molar-refractivity contribution in [2.75, 3.05) is 7.11 Å². The maximum Gasteiger partial charge on any atom is 0.346 e. The van der Waals surface area contributed by atoms with Crippen LogP contribution < -0.4 is 10.1 Å². The molecule has 4 heteroatoms. The third kappa shape index (κ3) is 1.95. The van der Waals surface area contributed by atoms with Gasteiger partial charge in [0.15, 0.2) is 0 Å². The number of urea groups is 1. The Balaban J connectivity index is 2.04. The molecule has 1 aromatic rings. The highest BCUT2D eigenvalue weighted by Crippen LogP contribution is 2.34. The van der Waals surface area contributed by atoms with Crippen LogP contribution in [0.3, 0.4) is 0 Å². The Labute approximate surface area is 111 Å². The molecule has 1 atom stereocenters. The number of hydrogen-bond acceptors (Lipinski definition) is 2. The summed E-state index contributed by atoms with van der Waals surface area (Å²) < 4.78 is 5.43. The van der Waals surface area contributed by atoms with E-state index >= 15 is 0 Å². The number of nitrogens with one attached hydrogen (secondary N) is 1. The third-order valence-electron chi connectivity index (χ3n) is 3.38. The van der Waals surface area contributed by atoms with E-state index in [9.17, 15) is 4.79 Å². The molecule has 0 bridgehead atoms. The summed E-state index contributed by atoms with van der Waals surface area (Å²) in [5, 5.41) is 2.74. The van der Waals surface area contributed by atoms with Gasteiger partial charge in [-0.15, -0.1) is 0 Å². The summed E-state index contributed by atoms with van der Waals surface area (Å²) in [5.74, 6) is 0.944. The Hall–Kier alpha value is -2.36. The number of nitrogens with zero attached hydrogens (tertiary/aromatic N) is 1. The standard InChI is InChI=1S/C15H14N2O2/c1-9-4-3-5-13(19-2)14(9)10-6-7-11-12(8-10)17-15(18)16-11/h3-8,10H,1-2H3,(H,17,18). The van der Waals surface area contributed by atoms with Crippen LogP contribution in [-0.2, 0) is 0 Å². The van der Waals surface area contributed by atoms with E-state index in [-0.39, 0.29) is 11.9 Å². The van der Waals surface area contributed by atoms with Crippen molar-refractivity contribution in [1.29, 1.82) is 0 Å². The van der Waals surface area contributed by atoms with Crippen molar-refractivity contribution in [3.05, 3.63) is 53.3 Å². The molecule has 0 saturated carbocycles. The van der Waals surface area contributed by atoms with Crippen LogP contribution in [-0.4, -0.2) is 18.9 Å². The van der Waals surface area contributed by atoms with Crippen molar-refractivity contribution in [2.24, 2.45) is 4.99 Å². The number of ether oxygens (including phenoxy) is 1. The molecule has 2 amide bonds. The Morgan fingerprint density at radius 1 is 1.37 bits per heavy atom. The molecule has 4 nitrogen and oxygen atoms in total. The molecule has 96 valence electrons. The van der Waals surface area contributed by atoms with Gasteiger partial charge < -0.3 is 10.1 Å². The lowest BCUT2D eigenvalue weighted by Gasteiger charge is -2.19. The summed E-state index contributed by atoms with van der Waals surface area (Å²) in [4.78, 5) is 15.1. The normalized spacial score (nSPS) is 20.5. The summed E-state index contributed by atoms with van der Waals surface area (Å²) >= 11 is 0. The molecular formula is C15H14N2O2. The predicted molar refractivity (Wildman–Crippen MR) is 73.7 cm³/mol. The van der Waals surface area contributed by atoms with Gasteiger partial charge in [0.25, 0.3) is 0 Å². The second kappa shape index (κ2) is 4.39. The van der Waals surface area contributed by atoms with Crippen molar-refractivity contribution in [3.8, 4) is 5.75 Å². The first kappa shape index (κ1) is 11.7. The molecule has 1 unspecified atom stereocenters. The number of allylic oxidation sites excluding steroid dienone is 3. The topological polar surface area (TPSA) is 50.7 Å². The lowest BCUT2D eigenvalue weighted by molar-refractivity contribution is 0.253. The molecule has 1 aliphatic heterocycles. The highest BCUT2D eigenvalue weighted by atomic mass is 16.5. The van der Waals surface area contributed by atoms with E-state index in [1.54, 1.807) is 7.11 Å². The van der Waals surface area contributed by atoms with Gasteiger partial charge in [0.05, 0.1) is 18.5 Å². The van der Waals surface area contributed by atoms with Gasteiger partial charge in [-0.3, -0.25) is 0 Å². The van der Waals surface area contributed by atoms with Crippen LogP contribution >= 0.6 is 0 Å². The first-order chi connectivity index (χ1) is 9.19. The SMILES string of the molecule is COc1cccc(C)c1C1C=CC2=NC(=O)NC2=C1. The number of methoxy groups -OCH3 is 1. The Bertz CT molecular complexity index is 642. The van der Waals surface area contributed by atoms with Gasteiger partial charge >= 0.3 is 6.03 Å². The fraction of sp³-hybridized carbons (Fsp3) is 0.200. The average molecular weight is 254 g/mol. The van der Waals surface area contributed by atoms with Crippen LogP contribution in [0.4, 0.5) is 4.79 Å². The molecule has 0 radical (unpaired) electrons. The van der Waals surface area contributed by atoms with Crippen molar-refractivity contribution in [1.82, 2.24) is 5.32 Å². The molecule has 0 aromatic heterocycles. The first-order valence-corrected chi connectivity index (χ1v) is 6.12. The van der Waals surface area contributed by atoms with Crippen LogP contribution in [0.5, 0.6) is 5.75 Å². The van der Waals surface area contributed by atoms with E-state index in [1.807, 2.05) is 30.4 Å². The van der Waals surface area contributed by atoms with Gasteiger partial charge in [0, 0.05) is 11.5 Å². The molecule has 19 heavy (non-hydrogen) atoms. The number of hydrogen-bond donors (Lipinski definition) is 1. The van der Waals surface area contributed by atoms with Crippen molar-refractivity contribution >= 4 is 11.7 Å². The monoisotopic (exact) mass is 254 g/mol. The zero-order valence-electron chi connectivity index (χ0n) is 10.8. The summed E-state index contributed by atoms with van der Waals surface area (Å²) in [7, 11) is 1.67. The van der Waals surface area contributed by atoms with E-state index in [1.165, 1.54) is 0 Å². The molecule has 2 aliphatic rings. The van der Waals surface area contributed by atoms with E-state index in [0.29, 0.717) is 5.71 Å². The highest BCUT2D eigenvalue weighted by molar-refractivity contribution is 6.19. The quantitative estimate of drug-likeness (QED) is 0.882. The van der Waals surface area contributed by atoms with Gasteiger partial charge in [0.2, 0.25) is 0 Å². The van der Waals surface area contributed by atoms with E-state index in [0.717, 1.165) is 22.6 Å². The third-order valence-corrected chi connectivity index (χ3v) is 3.38. The van der Waals surface area contributed by atoms with Crippen LogP contribution in [0.1, 0.15) is 17.0 Å². The van der Waals surface area contributed by atoms with Gasteiger partial charge in [-0.2, -0.15) is 4.99 Å². The number of aliphatic imine (C=N–C) groups is 1. The van der Waals surface area contributed by atoms with Crippen molar-refractivity contribution in [3.63, 3.8) is 0 Å². The van der Waals surface area contributed by atoms with Crippen LogP contribution in [0.25, 0.3) is 0 Å². The smallest absolute Gasteiger partial charge is 0.346 e. The summed E-state index contributed by atoms with van der Waals surface area (Å²) in [6, 6.07) is 5.68. The maximum absolute atomic E-state index is 11.2. The minimum absolute atomic E-state index is 0.0866. The average Bonchev–Trinajstić information content (AvgIpc) is 2.77. The molecule has 1 aromatic carbocycles. The van der Waals surface area contributed by atoms with Gasteiger partial charge in [0.1, 0.15) is 5.75 Å². The second-order valence-corrected chi connectivity index (χ2v) is 4.58. The molecule has 0 spiro atoms. The summed E-state index contributed by atoms with van der Waals surface area (Å²) in [5.41, 5.74) is 3.76. The second-order valence-electron chi connectivity index (χ2n) is 4.58. The van der Waals surface area contributed by atoms with Gasteiger partial charge in [-0.25, -0.2) is 4.79 Å². The lowest BCUT2D eigenvalue weighted by Crippen LogP contribution is -2.17. The van der Waals surface area contributed by atoms with Crippen molar-refractivity contribution < 1.29 is 9.53 Å². The number of fused-ring (bicyclic) bond motifs is 1. The molecule has 1 aliphatic carbocycles. The molecule has 1 N–H and O–H groups in total. The van der Waals surface area contributed by atoms with Gasteiger partial charge in [-0.1, -0.05) is 18.2 Å². The Kier molecular flexibility index (Phi) is 2.71. The summed E-state index contributed by atoms with van der Waals surface area (Å²) in [6.45, 7) is 2.06. The number of amides is 2. The zero-order chi connectivity index (χ0) is 13.4. The zero-order valence-corrected chi connectivity index (χ0v) is 10.8. The predicted octanol–water partition coefficient (Wildman–Crippen LogP) is 2.71. The number of benzene rings is 1. The van der Waals surface area contributed by atoms with Crippen LogP contribution in [0, 0.1) is 6.92 Å². The minimum Gasteiger partial charge on any atom is -0.496 e. The molecule has 1 heterocycles. The largest absolute Gasteiger partial charge is 0.496 e. The fourth-order valence-corrected chi connectivity index (χ4v) is 2.50. The number of rotatable bonds is 2. The van der Waals surface area contributed by atoms with Crippen LogP contribution in [0.2, 0.25) is 0 Å². The Morgan fingerprint density at radius 2 is 2.21 bits per heavy atom. The molecule has 0 fully saturated rings. The number of aryl methyl sites for hydroxylation is 1. The minimum atomic E-state index is -0.303. The number of carbonyl (C=O) groups excluding carboxylic acids is 1. The first-order valence-electron chi connectivity index (χ1n) is 6.12. The lowest BCUT2D eigenvalue weighted by atomic mass is 9.89.